The van der Waals surface area contributed by atoms with Gasteiger partial charge in [0.2, 0.25) is 0 Å². The van der Waals surface area contributed by atoms with E-state index in [0.717, 1.165) is 25.9 Å². The molecule has 0 amide bonds. The smallest absolute Gasteiger partial charge is 0.162 e. The highest BCUT2D eigenvalue weighted by Gasteiger charge is 2.09. The van der Waals surface area contributed by atoms with Gasteiger partial charge < -0.3 is 9.80 Å². The molecule has 22 heavy (non-hydrogen) atoms. The lowest BCUT2D eigenvalue weighted by atomic mass is 10.0. The Morgan fingerprint density at radius 2 is 1.05 bits per heavy atom. The maximum Gasteiger partial charge on any atom is 0.162 e. The van der Waals surface area contributed by atoms with Crippen molar-refractivity contribution in [3.05, 3.63) is 35.4 Å². The maximum atomic E-state index is 12.0. The van der Waals surface area contributed by atoms with Crippen molar-refractivity contribution in [2.45, 2.75) is 25.7 Å². The van der Waals surface area contributed by atoms with Crippen molar-refractivity contribution < 1.29 is 9.59 Å². The fourth-order valence-corrected chi connectivity index (χ4v) is 2.24. The number of rotatable bonds is 10. The molecule has 4 nitrogen and oxygen atoms in total. The van der Waals surface area contributed by atoms with Gasteiger partial charge in [0.1, 0.15) is 0 Å². The second kappa shape index (κ2) is 9.49. The molecule has 0 spiro atoms. The Morgan fingerprint density at radius 1 is 0.727 bits per heavy atom. The molecule has 0 unspecified atom stereocenters. The molecule has 0 saturated heterocycles. The van der Waals surface area contributed by atoms with Crippen LogP contribution < -0.4 is 0 Å². The lowest BCUT2D eigenvalue weighted by molar-refractivity contribution is 0.0965. The van der Waals surface area contributed by atoms with Gasteiger partial charge in [0.05, 0.1) is 0 Å². The Labute approximate surface area is 134 Å². The van der Waals surface area contributed by atoms with Gasteiger partial charge in [0.15, 0.2) is 11.6 Å². The van der Waals surface area contributed by atoms with Crippen molar-refractivity contribution in [2.75, 3.05) is 41.3 Å². The van der Waals surface area contributed by atoms with E-state index < -0.39 is 0 Å². The van der Waals surface area contributed by atoms with Gasteiger partial charge >= 0.3 is 0 Å². The highest BCUT2D eigenvalue weighted by molar-refractivity contribution is 5.99. The summed E-state index contributed by atoms with van der Waals surface area (Å²) in [5.74, 6) is 0.293. The maximum absolute atomic E-state index is 12.0. The second-order valence-electron chi connectivity index (χ2n) is 6.24. The van der Waals surface area contributed by atoms with Gasteiger partial charge in [-0.3, -0.25) is 9.59 Å². The summed E-state index contributed by atoms with van der Waals surface area (Å²) in [6.07, 6.45) is 2.82. The van der Waals surface area contributed by atoms with Crippen molar-refractivity contribution in [2.24, 2.45) is 0 Å². The van der Waals surface area contributed by atoms with Crippen LogP contribution in [-0.2, 0) is 0 Å². The first-order valence-corrected chi connectivity index (χ1v) is 7.86. The lowest BCUT2D eigenvalue weighted by Crippen LogP contribution is -2.14. The molecule has 0 aliphatic rings. The standard InChI is InChI=1S/C18H28N2O2/c1-19(2)13-5-7-17(21)15-9-11-16(12-10-15)18(22)8-6-14-20(3)4/h9-12H,5-8,13-14H2,1-4H3. The number of Topliss-reactive ketones (excluding diaryl/α,β-unsaturated/α-hetero) is 2. The summed E-state index contributed by atoms with van der Waals surface area (Å²) in [5, 5.41) is 0. The molecule has 4 heteroatoms. The van der Waals surface area contributed by atoms with Gasteiger partial charge in [-0.15, -0.1) is 0 Å². The zero-order valence-electron chi connectivity index (χ0n) is 14.3. The van der Waals surface area contributed by atoms with Crippen molar-refractivity contribution in [3.63, 3.8) is 0 Å². The number of hydrogen-bond donors (Lipinski definition) is 0. The first-order valence-electron chi connectivity index (χ1n) is 7.86. The van der Waals surface area contributed by atoms with Crippen molar-refractivity contribution in [3.8, 4) is 0 Å². The summed E-state index contributed by atoms with van der Waals surface area (Å²) in [5.41, 5.74) is 1.40. The van der Waals surface area contributed by atoms with Crippen molar-refractivity contribution in [1.82, 2.24) is 9.80 Å². The molecule has 0 aromatic heterocycles. The Hall–Kier alpha value is -1.52. The predicted molar refractivity (Wildman–Crippen MR) is 90.7 cm³/mol. The highest BCUT2D eigenvalue weighted by atomic mass is 16.1. The van der Waals surface area contributed by atoms with Gasteiger partial charge in [-0.2, -0.15) is 0 Å². The van der Waals surface area contributed by atoms with Gasteiger partial charge in [-0.25, -0.2) is 0 Å². The third kappa shape index (κ3) is 6.96. The zero-order valence-corrected chi connectivity index (χ0v) is 14.3. The summed E-state index contributed by atoms with van der Waals surface area (Å²) >= 11 is 0. The molecule has 0 N–H and O–H groups in total. The van der Waals surface area contributed by atoms with E-state index in [9.17, 15) is 9.59 Å². The summed E-state index contributed by atoms with van der Waals surface area (Å²) in [4.78, 5) is 28.2. The summed E-state index contributed by atoms with van der Waals surface area (Å²) < 4.78 is 0. The average Bonchev–Trinajstić information content (AvgIpc) is 2.46. The molecule has 0 aliphatic carbocycles. The van der Waals surface area contributed by atoms with Gasteiger partial charge in [0.25, 0.3) is 0 Å². The quantitative estimate of drug-likeness (QED) is 0.623. The van der Waals surface area contributed by atoms with Crippen LogP contribution >= 0.6 is 0 Å². The Bertz CT molecular complexity index is 433. The average molecular weight is 304 g/mol. The van der Waals surface area contributed by atoms with Crippen molar-refractivity contribution in [1.29, 1.82) is 0 Å². The molecule has 1 aromatic rings. The topological polar surface area (TPSA) is 40.6 Å². The van der Waals surface area contributed by atoms with E-state index in [4.69, 9.17) is 0 Å². The van der Waals surface area contributed by atoms with E-state index in [-0.39, 0.29) is 11.6 Å². The lowest BCUT2D eigenvalue weighted by Gasteiger charge is -2.09. The van der Waals surface area contributed by atoms with Gasteiger partial charge in [0, 0.05) is 24.0 Å². The number of benzene rings is 1. The normalized spacial score (nSPS) is 11.2. The molecular formula is C18H28N2O2. The van der Waals surface area contributed by atoms with Crippen LogP contribution in [0, 0.1) is 0 Å². The molecule has 1 rings (SSSR count). The molecule has 122 valence electrons. The number of ketones is 2. The number of hydrogen-bond acceptors (Lipinski definition) is 4. The summed E-state index contributed by atoms with van der Waals surface area (Å²) in [6, 6.07) is 7.10. The molecule has 0 saturated carbocycles. The highest BCUT2D eigenvalue weighted by Crippen LogP contribution is 2.11. The van der Waals surface area contributed by atoms with Crippen LogP contribution in [-0.4, -0.2) is 62.6 Å². The van der Waals surface area contributed by atoms with Crippen LogP contribution in [0.1, 0.15) is 46.4 Å². The zero-order chi connectivity index (χ0) is 16.5. The van der Waals surface area contributed by atoms with Gasteiger partial charge in [-0.05, 0) is 54.1 Å². The number of carbonyl (C=O) groups excluding carboxylic acids is 2. The predicted octanol–water partition coefficient (Wildman–Crippen LogP) is 2.74. The van der Waals surface area contributed by atoms with E-state index in [1.54, 1.807) is 24.3 Å². The summed E-state index contributed by atoms with van der Waals surface area (Å²) in [6.45, 7) is 1.82. The second-order valence-corrected chi connectivity index (χ2v) is 6.24. The minimum Gasteiger partial charge on any atom is -0.309 e. The van der Waals surface area contributed by atoms with Crippen molar-refractivity contribution >= 4 is 11.6 Å². The molecule has 0 heterocycles. The Balaban J connectivity index is 2.48. The van der Waals surface area contributed by atoms with E-state index in [2.05, 4.69) is 9.80 Å². The molecule has 0 atom stereocenters. The Kier molecular flexibility index (Phi) is 7.99. The van der Waals surface area contributed by atoms with E-state index in [1.807, 2.05) is 28.2 Å². The van der Waals surface area contributed by atoms with E-state index >= 15 is 0 Å². The fourth-order valence-electron chi connectivity index (χ4n) is 2.24. The molecule has 0 fully saturated rings. The largest absolute Gasteiger partial charge is 0.309 e. The molecular weight excluding hydrogens is 276 g/mol. The fraction of sp³-hybridized carbons (Fsp3) is 0.556. The van der Waals surface area contributed by atoms with Crippen LogP contribution in [0.3, 0.4) is 0 Å². The summed E-state index contributed by atoms with van der Waals surface area (Å²) in [7, 11) is 8.00. The molecule has 0 radical (unpaired) electrons. The van der Waals surface area contributed by atoms with E-state index in [1.165, 1.54) is 0 Å². The Morgan fingerprint density at radius 3 is 1.32 bits per heavy atom. The number of carbonyl (C=O) groups is 2. The van der Waals surface area contributed by atoms with Crippen LogP contribution in [0.4, 0.5) is 0 Å². The van der Waals surface area contributed by atoms with Crippen LogP contribution in [0.5, 0.6) is 0 Å². The van der Waals surface area contributed by atoms with Crippen LogP contribution in [0.2, 0.25) is 0 Å². The SMILES string of the molecule is CN(C)CCCC(=O)c1ccc(C(=O)CCCN(C)C)cc1. The first kappa shape index (κ1) is 18.5. The minimum absolute atomic E-state index is 0.147. The molecule has 0 aliphatic heterocycles. The third-order valence-corrected chi connectivity index (χ3v) is 3.55. The molecule has 0 bridgehead atoms. The number of nitrogens with zero attached hydrogens (tertiary/aromatic N) is 2. The van der Waals surface area contributed by atoms with E-state index in [0.29, 0.717) is 24.0 Å². The van der Waals surface area contributed by atoms with Gasteiger partial charge in [-0.1, -0.05) is 24.3 Å². The van der Waals surface area contributed by atoms with Crippen LogP contribution in [0.25, 0.3) is 0 Å². The third-order valence-electron chi connectivity index (χ3n) is 3.55. The molecule has 1 aromatic carbocycles. The minimum atomic E-state index is 0.147. The monoisotopic (exact) mass is 304 g/mol. The first-order chi connectivity index (χ1) is 10.4. The van der Waals surface area contributed by atoms with Crippen LogP contribution in [0.15, 0.2) is 24.3 Å².